The molecule has 0 radical (unpaired) electrons. The van der Waals surface area contributed by atoms with Gasteiger partial charge in [0.1, 0.15) is 0 Å². The fourth-order valence-corrected chi connectivity index (χ4v) is 5.39. The van der Waals surface area contributed by atoms with Gasteiger partial charge in [-0.2, -0.15) is 0 Å². The van der Waals surface area contributed by atoms with Gasteiger partial charge >= 0.3 is 0 Å². The van der Waals surface area contributed by atoms with E-state index in [0.29, 0.717) is 10.4 Å². The number of amides is 1. The van der Waals surface area contributed by atoms with E-state index in [1.165, 1.54) is 17.3 Å². The van der Waals surface area contributed by atoms with E-state index >= 15 is 0 Å². The average molecular weight is 452 g/mol. The summed E-state index contributed by atoms with van der Waals surface area (Å²) in [5, 5.41) is 3.81. The van der Waals surface area contributed by atoms with Crippen LogP contribution in [0.1, 0.15) is 30.7 Å². The molecular weight excluding hydrogens is 426 g/mol. The SMILES string of the molecule is CCc1ccc(NC(=O)CSc2nc3c(c(=O)n2-c2ccc(C)cc2)SC(C)C3)cc1. The second-order valence-corrected chi connectivity index (χ2v) is 10.1. The van der Waals surface area contributed by atoms with Crippen molar-refractivity contribution in [2.75, 3.05) is 11.1 Å². The Morgan fingerprint density at radius 1 is 1.19 bits per heavy atom. The molecule has 7 heteroatoms. The minimum atomic E-state index is -0.123. The van der Waals surface area contributed by atoms with Crippen molar-refractivity contribution in [1.82, 2.24) is 9.55 Å². The van der Waals surface area contributed by atoms with E-state index in [4.69, 9.17) is 4.98 Å². The van der Waals surface area contributed by atoms with Gasteiger partial charge in [0.05, 0.1) is 22.0 Å². The normalized spacial score (nSPS) is 15.0. The van der Waals surface area contributed by atoms with E-state index in [9.17, 15) is 9.59 Å². The lowest BCUT2D eigenvalue weighted by atomic mass is 10.1. The van der Waals surface area contributed by atoms with E-state index in [-0.39, 0.29) is 17.2 Å². The zero-order valence-electron chi connectivity index (χ0n) is 17.8. The lowest BCUT2D eigenvalue weighted by Crippen LogP contribution is -2.24. The van der Waals surface area contributed by atoms with Gasteiger partial charge < -0.3 is 5.32 Å². The van der Waals surface area contributed by atoms with Crippen molar-refractivity contribution >= 4 is 35.1 Å². The molecule has 4 rings (SSSR count). The average Bonchev–Trinajstić information content (AvgIpc) is 3.14. The molecule has 1 aliphatic heterocycles. The Bertz CT molecular complexity index is 1160. The van der Waals surface area contributed by atoms with Gasteiger partial charge in [0.2, 0.25) is 5.91 Å². The Morgan fingerprint density at radius 3 is 2.58 bits per heavy atom. The highest BCUT2D eigenvalue weighted by atomic mass is 32.2. The number of hydrogen-bond donors (Lipinski definition) is 1. The van der Waals surface area contributed by atoms with E-state index in [1.54, 1.807) is 16.3 Å². The molecule has 1 aliphatic rings. The molecular formula is C24H25N3O2S2. The number of carbonyl (C=O) groups is 1. The first-order valence-electron chi connectivity index (χ1n) is 10.4. The number of nitrogens with zero attached hydrogens (tertiary/aromatic N) is 2. The lowest BCUT2D eigenvalue weighted by molar-refractivity contribution is -0.113. The number of carbonyl (C=O) groups excluding carboxylic acids is 1. The Kier molecular flexibility index (Phi) is 6.53. The van der Waals surface area contributed by atoms with E-state index in [2.05, 4.69) is 19.2 Å². The fraction of sp³-hybridized carbons (Fsp3) is 0.292. The maximum Gasteiger partial charge on any atom is 0.272 e. The maximum atomic E-state index is 13.3. The predicted octanol–water partition coefficient (Wildman–Crippen LogP) is 4.87. The summed E-state index contributed by atoms with van der Waals surface area (Å²) in [6, 6.07) is 15.7. The summed E-state index contributed by atoms with van der Waals surface area (Å²) >= 11 is 2.88. The summed E-state index contributed by atoms with van der Waals surface area (Å²) in [6.45, 7) is 6.21. The van der Waals surface area contributed by atoms with Gasteiger partial charge in [-0.1, -0.05) is 55.4 Å². The third-order valence-electron chi connectivity index (χ3n) is 5.15. The van der Waals surface area contributed by atoms with E-state index in [1.807, 2.05) is 55.5 Å². The second kappa shape index (κ2) is 9.32. The topological polar surface area (TPSA) is 64.0 Å². The standard InChI is InChI=1S/C24H25N3O2S2/c1-4-17-7-9-18(10-8-17)25-21(28)14-30-24-26-20-13-16(3)31-22(20)23(29)27(24)19-11-5-15(2)6-12-19/h5-12,16H,4,13-14H2,1-3H3,(H,25,28). The summed E-state index contributed by atoms with van der Waals surface area (Å²) in [5.41, 5.74) is 4.67. The molecule has 160 valence electrons. The molecule has 5 nitrogen and oxygen atoms in total. The van der Waals surface area contributed by atoms with Crippen LogP contribution in [0.2, 0.25) is 0 Å². The largest absolute Gasteiger partial charge is 0.325 e. The number of rotatable bonds is 6. The summed E-state index contributed by atoms with van der Waals surface area (Å²) in [6.07, 6.45) is 1.73. The number of thioether (sulfide) groups is 2. The molecule has 1 atom stereocenters. The third-order valence-corrected chi connectivity index (χ3v) is 7.31. The first kappa shape index (κ1) is 21.7. The van der Waals surface area contributed by atoms with Gasteiger partial charge in [-0.3, -0.25) is 14.2 Å². The second-order valence-electron chi connectivity index (χ2n) is 7.67. The van der Waals surface area contributed by atoms with Crippen LogP contribution in [0.5, 0.6) is 0 Å². The molecule has 0 aliphatic carbocycles. The summed E-state index contributed by atoms with van der Waals surface area (Å²) in [5.74, 6) is 0.0529. The molecule has 31 heavy (non-hydrogen) atoms. The fourth-order valence-electron chi connectivity index (χ4n) is 3.47. The molecule has 1 aromatic heterocycles. The molecule has 0 saturated heterocycles. The van der Waals surface area contributed by atoms with Crippen LogP contribution in [-0.4, -0.2) is 26.5 Å². The monoisotopic (exact) mass is 451 g/mol. The first-order valence-corrected chi connectivity index (χ1v) is 12.2. The molecule has 0 bridgehead atoms. The number of benzene rings is 2. The number of aryl methyl sites for hydroxylation is 2. The minimum absolute atomic E-state index is 0.0544. The van der Waals surface area contributed by atoms with Gasteiger partial charge in [-0.25, -0.2) is 4.98 Å². The van der Waals surface area contributed by atoms with Gasteiger partial charge in [0.25, 0.3) is 5.56 Å². The number of aromatic nitrogens is 2. The van der Waals surface area contributed by atoms with Gasteiger partial charge in [-0.15, -0.1) is 11.8 Å². The van der Waals surface area contributed by atoms with Crippen molar-refractivity contribution in [1.29, 1.82) is 0 Å². The molecule has 1 N–H and O–H groups in total. The molecule has 2 aromatic carbocycles. The molecule has 0 spiro atoms. The van der Waals surface area contributed by atoms with Crippen molar-refractivity contribution in [3.8, 4) is 5.69 Å². The van der Waals surface area contributed by atoms with E-state index in [0.717, 1.165) is 40.4 Å². The van der Waals surface area contributed by atoms with Crippen LogP contribution < -0.4 is 10.9 Å². The molecule has 3 aromatic rings. The summed E-state index contributed by atoms with van der Waals surface area (Å²) in [4.78, 5) is 31.4. The Balaban J connectivity index is 1.58. The number of nitrogens with one attached hydrogen (secondary N) is 1. The Morgan fingerprint density at radius 2 is 1.90 bits per heavy atom. The lowest BCUT2D eigenvalue weighted by Gasteiger charge is -2.14. The van der Waals surface area contributed by atoms with Crippen LogP contribution >= 0.6 is 23.5 Å². The minimum Gasteiger partial charge on any atom is -0.325 e. The zero-order valence-corrected chi connectivity index (χ0v) is 19.5. The van der Waals surface area contributed by atoms with Crippen LogP contribution in [0.4, 0.5) is 5.69 Å². The quantitative estimate of drug-likeness (QED) is 0.428. The van der Waals surface area contributed by atoms with Gasteiger partial charge in [-0.05, 0) is 43.2 Å². The van der Waals surface area contributed by atoms with Crippen LogP contribution in [0.25, 0.3) is 5.69 Å². The number of anilines is 1. The maximum absolute atomic E-state index is 13.3. The first-order chi connectivity index (χ1) is 14.9. The van der Waals surface area contributed by atoms with Crippen LogP contribution in [0.15, 0.2) is 63.4 Å². The smallest absolute Gasteiger partial charge is 0.272 e. The highest BCUT2D eigenvalue weighted by Gasteiger charge is 2.27. The van der Waals surface area contributed by atoms with Crippen molar-refractivity contribution in [2.24, 2.45) is 0 Å². The Labute approximate surface area is 190 Å². The third kappa shape index (κ3) is 4.88. The van der Waals surface area contributed by atoms with Crippen LogP contribution in [0.3, 0.4) is 0 Å². The molecule has 2 heterocycles. The number of fused-ring (bicyclic) bond motifs is 1. The van der Waals surface area contributed by atoms with Crippen LogP contribution in [0, 0.1) is 6.92 Å². The summed E-state index contributed by atoms with van der Waals surface area (Å²) < 4.78 is 1.64. The summed E-state index contributed by atoms with van der Waals surface area (Å²) in [7, 11) is 0. The highest BCUT2D eigenvalue weighted by Crippen LogP contribution is 2.34. The molecule has 1 amide bonds. The molecule has 0 fully saturated rings. The zero-order chi connectivity index (χ0) is 22.0. The van der Waals surface area contributed by atoms with E-state index < -0.39 is 0 Å². The van der Waals surface area contributed by atoms with Crippen molar-refractivity contribution < 1.29 is 4.79 Å². The predicted molar refractivity (Wildman–Crippen MR) is 129 cm³/mol. The van der Waals surface area contributed by atoms with Crippen molar-refractivity contribution in [2.45, 2.75) is 48.9 Å². The van der Waals surface area contributed by atoms with Crippen LogP contribution in [-0.2, 0) is 17.6 Å². The van der Waals surface area contributed by atoms with Crippen molar-refractivity contribution in [3.05, 3.63) is 75.7 Å². The Hall–Kier alpha value is -2.51. The highest BCUT2D eigenvalue weighted by molar-refractivity contribution is 8.00. The van der Waals surface area contributed by atoms with Gasteiger partial charge in [0, 0.05) is 17.4 Å². The molecule has 0 saturated carbocycles. The van der Waals surface area contributed by atoms with Crippen molar-refractivity contribution in [3.63, 3.8) is 0 Å². The van der Waals surface area contributed by atoms with Gasteiger partial charge in [0.15, 0.2) is 5.16 Å². The molecule has 1 unspecified atom stereocenters. The number of hydrogen-bond acceptors (Lipinski definition) is 5.